The standard InChI is InChI=1S/C16H16N4/c1-10-7-8-18-16(15(10)17)20-14-9-11(2)19-13-6-4-3-5-12(13)14/h3-9H,17H2,1-2H3,(H,18,19,20). The lowest BCUT2D eigenvalue weighted by molar-refractivity contribution is 1.24. The molecule has 2 heterocycles. The fourth-order valence-electron chi connectivity index (χ4n) is 2.21. The summed E-state index contributed by atoms with van der Waals surface area (Å²) in [6.07, 6.45) is 1.75. The summed E-state index contributed by atoms with van der Waals surface area (Å²) >= 11 is 0. The van der Waals surface area contributed by atoms with Crippen LogP contribution in [-0.4, -0.2) is 9.97 Å². The zero-order valence-electron chi connectivity index (χ0n) is 11.5. The van der Waals surface area contributed by atoms with E-state index < -0.39 is 0 Å². The Morgan fingerprint density at radius 2 is 1.90 bits per heavy atom. The van der Waals surface area contributed by atoms with Crippen LogP contribution in [0, 0.1) is 13.8 Å². The Kier molecular flexibility index (Phi) is 2.99. The third-order valence-electron chi connectivity index (χ3n) is 3.31. The number of nitrogens with two attached hydrogens (primary N) is 1. The molecule has 0 amide bonds. The summed E-state index contributed by atoms with van der Waals surface area (Å²) in [4.78, 5) is 8.84. The molecule has 0 bridgehead atoms. The van der Waals surface area contributed by atoms with Gasteiger partial charge in [-0.15, -0.1) is 0 Å². The zero-order valence-corrected chi connectivity index (χ0v) is 11.5. The van der Waals surface area contributed by atoms with Crippen molar-refractivity contribution in [2.45, 2.75) is 13.8 Å². The molecule has 0 saturated heterocycles. The summed E-state index contributed by atoms with van der Waals surface area (Å²) in [5.74, 6) is 0.681. The fraction of sp³-hybridized carbons (Fsp3) is 0.125. The number of hydrogen-bond donors (Lipinski definition) is 2. The van der Waals surface area contributed by atoms with Gasteiger partial charge in [0.25, 0.3) is 0 Å². The lowest BCUT2D eigenvalue weighted by Gasteiger charge is -2.12. The van der Waals surface area contributed by atoms with E-state index in [0.717, 1.165) is 27.8 Å². The Hall–Kier alpha value is -2.62. The van der Waals surface area contributed by atoms with Gasteiger partial charge in [0.05, 0.1) is 16.9 Å². The van der Waals surface area contributed by atoms with E-state index in [1.54, 1.807) is 6.20 Å². The molecule has 3 rings (SSSR count). The van der Waals surface area contributed by atoms with Crippen molar-refractivity contribution < 1.29 is 0 Å². The van der Waals surface area contributed by atoms with Crippen LogP contribution in [0.1, 0.15) is 11.3 Å². The highest BCUT2D eigenvalue weighted by Gasteiger charge is 2.07. The van der Waals surface area contributed by atoms with Gasteiger partial charge in [-0.1, -0.05) is 18.2 Å². The van der Waals surface area contributed by atoms with Crippen molar-refractivity contribution in [2.75, 3.05) is 11.1 Å². The molecular formula is C16H16N4. The van der Waals surface area contributed by atoms with Gasteiger partial charge in [-0.05, 0) is 37.6 Å². The summed E-state index contributed by atoms with van der Waals surface area (Å²) in [5, 5.41) is 4.38. The zero-order chi connectivity index (χ0) is 14.1. The van der Waals surface area contributed by atoms with E-state index >= 15 is 0 Å². The summed E-state index contributed by atoms with van der Waals surface area (Å²) < 4.78 is 0. The number of pyridine rings is 2. The third-order valence-corrected chi connectivity index (χ3v) is 3.31. The maximum absolute atomic E-state index is 6.07. The molecule has 0 aliphatic heterocycles. The third kappa shape index (κ3) is 2.16. The number of hydrogen-bond acceptors (Lipinski definition) is 4. The van der Waals surface area contributed by atoms with Crippen molar-refractivity contribution in [2.24, 2.45) is 0 Å². The highest BCUT2D eigenvalue weighted by molar-refractivity contribution is 5.93. The van der Waals surface area contributed by atoms with Crippen LogP contribution in [0.25, 0.3) is 10.9 Å². The first-order valence-electron chi connectivity index (χ1n) is 6.49. The maximum Gasteiger partial charge on any atom is 0.153 e. The normalized spacial score (nSPS) is 10.7. The van der Waals surface area contributed by atoms with E-state index in [1.807, 2.05) is 50.2 Å². The van der Waals surface area contributed by atoms with Gasteiger partial charge in [0.2, 0.25) is 0 Å². The Morgan fingerprint density at radius 3 is 2.75 bits per heavy atom. The lowest BCUT2D eigenvalue weighted by atomic mass is 10.1. The van der Waals surface area contributed by atoms with Gasteiger partial charge in [0.15, 0.2) is 5.82 Å². The molecular weight excluding hydrogens is 248 g/mol. The van der Waals surface area contributed by atoms with Crippen molar-refractivity contribution in [1.82, 2.24) is 9.97 Å². The molecule has 0 aliphatic carbocycles. The SMILES string of the molecule is Cc1cc(Nc2nccc(C)c2N)c2ccccc2n1. The van der Waals surface area contributed by atoms with Gasteiger partial charge in [0, 0.05) is 17.3 Å². The van der Waals surface area contributed by atoms with E-state index in [1.165, 1.54) is 0 Å². The van der Waals surface area contributed by atoms with Crippen LogP contribution < -0.4 is 11.1 Å². The van der Waals surface area contributed by atoms with E-state index in [2.05, 4.69) is 15.3 Å². The highest BCUT2D eigenvalue weighted by atomic mass is 15.0. The average Bonchev–Trinajstić information content (AvgIpc) is 2.43. The molecule has 20 heavy (non-hydrogen) atoms. The van der Waals surface area contributed by atoms with Crippen LogP contribution in [0.15, 0.2) is 42.6 Å². The summed E-state index contributed by atoms with van der Waals surface area (Å²) in [6, 6.07) is 11.9. The van der Waals surface area contributed by atoms with E-state index in [-0.39, 0.29) is 0 Å². The van der Waals surface area contributed by atoms with Crippen LogP contribution in [0.4, 0.5) is 17.2 Å². The minimum absolute atomic E-state index is 0.672. The number of fused-ring (bicyclic) bond motifs is 1. The maximum atomic E-state index is 6.07. The van der Waals surface area contributed by atoms with E-state index in [0.29, 0.717) is 11.5 Å². The molecule has 0 saturated carbocycles. The van der Waals surface area contributed by atoms with E-state index in [4.69, 9.17) is 5.73 Å². The van der Waals surface area contributed by atoms with Gasteiger partial charge in [-0.3, -0.25) is 4.98 Å². The fourth-order valence-corrected chi connectivity index (χ4v) is 2.21. The lowest BCUT2D eigenvalue weighted by Crippen LogP contribution is -2.02. The van der Waals surface area contributed by atoms with Crippen molar-refractivity contribution in [3.8, 4) is 0 Å². The number of aryl methyl sites for hydroxylation is 2. The van der Waals surface area contributed by atoms with Crippen molar-refractivity contribution >= 4 is 28.1 Å². The second-order valence-electron chi connectivity index (χ2n) is 4.84. The number of para-hydroxylation sites is 1. The smallest absolute Gasteiger partial charge is 0.153 e. The molecule has 0 atom stereocenters. The Morgan fingerprint density at radius 1 is 1.10 bits per heavy atom. The monoisotopic (exact) mass is 264 g/mol. The molecule has 0 aliphatic rings. The van der Waals surface area contributed by atoms with Gasteiger partial charge in [-0.2, -0.15) is 0 Å². The molecule has 2 aromatic heterocycles. The molecule has 100 valence electrons. The van der Waals surface area contributed by atoms with Crippen LogP contribution >= 0.6 is 0 Å². The molecule has 3 N–H and O–H groups in total. The van der Waals surface area contributed by atoms with Crippen LogP contribution in [-0.2, 0) is 0 Å². The Bertz CT molecular complexity index is 781. The molecule has 4 nitrogen and oxygen atoms in total. The van der Waals surface area contributed by atoms with Crippen LogP contribution in [0.2, 0.25) is 0 Å². The summed E-state index contributed by atoms with van der Waals surface area (Å²) in [7, 11) is 0. The molecule has 0 fully saturated rings. The van der Waals surface area contributed by atoms with Crippen LogP contribution in [0.3, 0.4) is 0 Å². The summed E-state index contributed by atoms with van der Waals surface area (Å²) in [6.45, 7) is 3.95. The predicted molar refractivity (Wildman–Crippen MR) is 83.1 cm³/mol. The first kappa shape index (κ1) is 12.4. The predicted octanol–water partition coefficient (Wildman–Crippen LogP) is 3.57. The molecule has 0 spiro atoms. The number of anilines is 3. The van der Waals surface area contributed by atoms with Gasteiger partial charge in [0.1, 0.15) is 0 Å². The Balaban J connectivity index is 2.13. The second kappa shape index (κ2) is 4.81. The molecule has 1 aromatic carbocycles. The molecule has 0 unspecified atom stereocenters. The average molecular weight is 264 g/mol. The highest BCUT2D eigenvalue weighted by Crippen LogP contribution is 2.28. The van der Waals surface area contributed by atoms with E-state index in [9.17, 15) is 0 Å². The number of nitrogen functional groups attached to an aromatic ring is 1. The second-order valence-corrected chi connectivity index (χ2v) is 4.84. The molecule has 3 aromatic rings. The van der Waals surface area contributed by atoms with Gasteiger partial charge in [-0.25, -0.2) is 4.98 Å². The van der Waals surface area contributed by atoms with Gasteiger partial charge >= 0.3 is 0 Å². The topological polar surface area (TPSA) is 63.8 Å². The number of benzene rings is 1. The Labute approximate surface area is 117 Å². The summed E-state index contributed by atoms with van der Waals surface area (Å²) in [5.41, 5.74) is 10.6. The quantitative estimate of drug-likeness (QED) is 0.742. The minimum atomic E-state index is 0.672. The van der Waals surface area contributed by atoms with Crippen molar-refractivity contribution in [3.05, 3.63) is 53.9 Å². The van der Waals surface area contributed by atoms with Crippen molar-refractivity contribution in [1.29, 1.82) is 0 Å². The number of rotatable bonds is 2. The van der Waals surface area contributed by atoms with Crippen molar-refractivity contribution in [3.63, 3.8) is 0 Å². The van der Waals surface area contributed by atoms with Crippen LogP contribution in [0.5, 0.6) is 0 Å². The van der Waals surface area contributed by atoms with Gasteiger partial charge < -0.3 is 11.1 Å². The first-order chi connectivity index (χ1) is 9.65. The number of nitrogens with one attached hydrogen (secondary N) is 1. The number of nitrogens with zero attached hydrogens (tertiary/aromatic N) is 2. The first-order valence-corrected chi connectivity index (χ1v) is 6.49. The minimum Gasteiger partial charge on any atom is -0.396 e. The number of aromatic nitrogens is 2. The largest absolute Gasteiger partial charge is 0.396 e. The molecule has 0 radical (unpaired) electrons. The molecule has 4 heteroatoms.